The monoisotopic (exact) mass is 197 g/mol. The van der Waals surface area contributed by atoms with E-state index in [9.17, 15) is 4.79 Å². The van der Waals surface area contributed by atoms with Gasteiger partial charge in [-0.2, -0.15) is 15.0 Å². The van der Waals surface area contributed by atoms with Crippen LogP contribution in [0.5, 0.6) is 0 Å². The summed E-state index contributed by atoms with van der Waals surface area (Å²) in [5.41, 5.74) is 10.7. The van der Waals surface area contributed by atoms with Crippen LogP contribution >= 0.6 is 0 Å². The Morgan fingerprint density at radius 3 is 2.36 bits per heavy atom. The van der Waals surface area contributed by atoms with Crippen LogP contribution in [0, 0.1) is 0 Å². The molecule has 0 aliphatic rings. The molecule has 1 rings (SSSR count). The number of aromatic nitrogens is 3. The fraction of sp³-hybridized carbons (Fsp3) is 0.429. The highest BCUT2D eigenvalue weighted by Gasteiger charge is 2.05. The highest BCUT2D eigenvalue weighted by Crippen LogP contribution is 2.01. The van der Waals surface area contributed by atoms with E-state index in [1.807, 2.05) is 0 Å². The van der Waals surface area contributed by atoms with Gasteiger partial charge in [-0.15, -0.1) is 0 Å². The Kier molecular flexibility index (Phi) is 3.16. The van der Waals surface area contributed by atoms with Crippen LogP contribution in [0.15, 0.2) is 0 Å². The van der Waals surface area contributed by atoms with Crippen molar-refractivity contribution in [1.82, 2.24) is 15.0 Å². The summed E-state index contributed by atoms with van der Waals surface area (Å²) in [5, 5.41) is 0. The minimum atomic E-state index is -0.331. The van der Waals surface area contributed by atoms with Crippen molar-refractivity contribution in [2.24, 2.45) is 0 Å². The van der Waals surface area contributed by atoms with Gasteiger partial charge >= 0.3 is 5.97 Å². The smallest absolute Gasteiger partial charge is 0.305 e. The highest BCUT2D eigenvalue weighted by molar-refractivity contribution is 5.69. The van der Waals surface area contributed by atoms with Crippen LogP contribution in [0.2, 0.25) is 0 Å². The molecule has 0 aliphatic heterocycles. The van der Waals surface area contributed by atoms with Gasteiger partial charge in [0.05, 0.1) is 13.5 Å². The standard InChI is InChI=1S/C7H11N5O2/c1-14-5(13)3-2-4-10-6(8)12-7(9)11-4/h2-3H2,1H3,(H4,8,9,10,11,12). The van der Waals surface area contributed by atoms with Crippen molar-refractivity contribution in [1.29, 1.82) is 0 Å². The maximum Gasteiger partial charge on any atom is 0.305 e. The lowest BCUT2D eigenvalue weighted by Gasteiger charge is -2.00. The Balaban J connectivity index is 2.63. The van der Waals surface area contributed by atoms with Crippen LogP contribution in [0.1, 0.15) is 12.2 Å². The zero-order chi connectivity index (χ0) is 10.6. The number of rotatable bonds is 3. The van der Waals surface area contributed by atoms with E-state index in [-0.39, 0.29) is 24.3 Å². The van der Waals surface area contributed by atoms with E-state index in [1.54, 1.807) is 0 Å². The van der Waals surface area contributed by atoms with Crippen molar-refractivity contribution >= 4 is 17.9 Å². The molecule has 1 aromatic heterocycles. The second-order valence-electron chi connectivity index (χ2n) is 2.54. The predicted molar refractivity (Wildman–Crippen MR) is 49.0 cm³/mol. The maximum atomic E-state index is 10.8. The number of ether oxygens (including phenoxy) is 1. The fourth-order valence-corrected chi connectivity index (χ4v) is 0.885. The molecule has 0 unspecified atom stereocenters. The number of nitrogen functional groups attached to an aromatic ring is 2. The van der Waals surface area contributed by atoms with E-state index in [4.69, 9.17) is 11.5 Å². The van der Waals surface area contributed by atoms with Crippen LogP contribution in [-0.2, 0) is 16.0 Å². The van der Waals surface area contributed by atoms with E-state index in [0.29, 0.717) is 12.2 Å². The number of hydrogen-bond donors (Lipinski definition) is 2. The first-order chi connectivity index (χ1) is 6.61. The molecule has 1 heterocycles. The second kappa shape index (κ2) is 4.35. The third kappa shape index (κ3) is 2.85. The number of aryl methyl sites for hydroxylation is 1. The summed E-state index contributed by atoms with van der Waals surface area (Å²) in [6.45, 7) is 0. The first-order valence-corrected chi connectivity index (χ1v) is 3.94. The third-order valence-corrected chi connectivity index (χ3v) is 1.50. The number of esters is 1. The van der Waals surface area contributed by atoms with E-state index in [0.717, 1.165) is 0 Å². The largest absolute Gasteiger partial charge is 0.469 e. The van der Waals surface area contributed by atoms with Gasteiger partial charge in [-0.25, -0.2) is 0 Å². The van der Waals surface area contributed by atoms with Gasteiger partial charge in [-0.1, -0.05) is 0 Å². The summed E-state index contributed by atoms with van der Waals surface area (Å²) in [6, 6.07) is 0. The van der Waals surface area contributed by atoms with Crippen LogP contribution in [0.3, 0.4) is 0 Å². The van der Waals surface area contributed by atoms with E-state index < -0.39 is 0 Å². The number of carbonyl (C=O) groups is 1. The van der Waals surface area contributed by atoms with Gasteiger partial charge < -0.3 is 16.2 Å². The summed E-state index contributed by atoms with van der Waals surface area (Å²) in [5.74, 6) is 0.165. The molecular weight excluding hydrogens is 186 g/mol. The van der Waals surface area contributed by atoms with Crippen molar-refractivity contribution in [3.8, 4) is 0 Å². The second-order valence-corrected chi connectivity index (χ2v) is 2.54. The lowest BCUT2D eigenvalue weighted by molar-refractivity contribution is -0.140. The Morgan fingerprint density at radius 2 is 1.86 bits per heavy atom. The summed E-state index contributed by atoms with van der Waals surface area (Å²) >= 11 is 0. The molecule has 4 N–H and O–H groups in total. The van der Waals surface area contributed by atoms with Crippen molar-refractivity contribution in [3.63, 3.8) is 0 Å². The highest BCUT2D eigenvalue weighted by atomic mass is 16.5. The van der Waals surface area contributed by atoms with E-state index in [1.165, 1.54) is 7.11 Å². The first-order valence-electron chi connectivity index (χ1n) is 3.94. The van der Waals surface area contributed by atoms with Crippen LogP contribution in [0.4, 0.5) is 11.9 Å². The quantitative estimate of drug-likeness (QED) is 0.605. The number of hydrogen-bond acceptors (Lipinski definition) is 7. The Labute approximate surface area is 80.5 Å². The lowest BCUT2D eigenvalue weighted by Crippen LogP contribution is -2.09. The number of nitrogens with two attached hydrogens (primary N) is 2. The van der Waals surface area contributed by atoms with Crippen LogP contribution < -0.4 is 11.5 Å². The van der Waals surface area contributed by atoms with E-state index in [2.05, 4.69) is 19.7 Å². The average Bonchev–Trinajstić information content (AvgIpc) is 2.12. The van der Waals surface area contributed by atoms with Gasteiger partial charge in [-0.05, 0) is 0 Å². The topological polar surface area (TPSA) is 117 Å². The molecule has 0 spiro atoms. The normalized spacial score (nSPS) is 9.79. The minimum absolute atomic E-state index is 0.0531. The molecule has 14 heavy (non-hydrogen) atoms. The van der Waals surface area contributed by atoms with Gasteiger partial charge in [-0.3, -0.25) is 4.79 Å². The van der Waals surface area contributed by atoms with Crippen molar-refractivity contribution in [3.05, 3.63) is 5.82 Å². The number of anilines is 2. The van der Waals surface area contributed by atoms with E-state index >= 15 is 0 Å². The molecule has 7 heteroatoms. The van der Waals surface area contributed by atoms with Crippen LogP contribution in [0.25, 0.3) is 0 Å². The Morgan fingerprint density at radius 1 is 1.29 bits per heavy atom. The zero-order valence-corrected chi connectivity index (χ0v) is 7.73. The SMILES string of the molecule is COC(=O)CCc1nc(N)nc(N)n1. The van der Waals surface area contributed by atoms with Gasteiger partial charge in [0.25, 0.3) is 0 Å². The number of methoxy groups -OCH3 is 1. The van der Waals surface area contributed by atoms with Gasteiger partial charge in [0.15, 0.2) is 0 Å². The molecule has 76 valence electrons. The minimum Gasteiger partial charge on any atom is -0.469 e. The molecule has 0 aromatic carbocycles. The molecule has 7 nitrogen and oxygen atoms in total. The average molecular weight is 197 g/mol. The Bertz CT molecular complexity index is 321. The number of carbonyl (C=O) groups excluding carboxylic acids is 1. The van der Waals surface area contributed by atoms with Crippen molar-refractivity contribution in [2.45, 2.75) is 12.8 Å². The number of nitrogens with zero attached hydrogens (tertiary/aromatic N) is 3. The molecule has 0 saturated heterocycles. The Hall–Kier alpha value is -1.92. The molecule has 0 radical (unpaired) electrons. The molecule has 0 amide bonds. The molecular formula is C7H11N5O2. The summed E-state index contributed by atoms with van der Waals surface area (Å²) in [6.07, 6.45) is 0.531. The molecule has 0 saturated carbocycles. The van der Waals surface area contributed by atoms with Gasteiger partial charge in [0.2, 0.25) is 11.9 Å². The summed E-state index contributed by atoms with van der Waals surface area (Å²) in [4.78, 5) is 22.0. The third-order valence-electron chi connectivity index (χ3n) is 1.50. The molecule has 1 aromatic rings. The molecule has 0 aliphatic carbocycles. The van der Waals surface area contributed by atoms with Gasteiger partial charge in [0.1, 0.15) is 5.82 Å². The van der Waals surface area contributed by atoms with Crippen molar-refractivity contribution in [2.75, 3.05) is 18.6 Å². The predicted octanol–water partition coefficient (Wildman–Crippen LogP) is -0.858. The van der Waals surface area contributed by atoms with Crippen molar-refractivity contribution < 1.29 is 9.53 Å². The molecule has 0 atom stereocenters. The first kappa shape index (κ1) is 10.2. The zero-order valence-electron chi connectivity index (χ0n) is 7.73. The fourth-order valence-electron chi connectivity index (χ4n) is 0.885. The van der Waals surface area contributed by atoms with Gasteiger partial charge in [0, 0.05) is 6.42 Å². The maximum absolute atomic E-state index is 10.8. The lowest BCUT2D eigenvalue weighted by atomic mass is 10.3. The van der Waals surface area contributed by atoms with Crippen LogP contribution in [-0.4, -0.2) is 28.0 Å². The molecule has 0 fully saturated rings. The summed E-state index contributed by atoms with van der Waals surface area (Å²) in [7, 11) is 1.32. The molecule has 0 bridgehead atoms. The summed E-state index contributed by atoms with van der Waals surface area (Å²) < 4.78 is 4.46.